The molecule has 0 radical (unpaired) electrons. The van der Waals surface area contributed by atoms with E-state index in [1.807, 2.05) is 18.4 Å². The first-order valence-corrected chi connectivity index (χ1v) is 9.66. The molecule has 1 aliphatic heterocycles. The minimum absolute atomic E-state index is 0.0375. The van der Waals surface area contributed by atoms with Crippen molar-refractivity contribution >= 4 is 21.4 Å². The van der Waals surface area contributed by atoms with E-state index in [0.29, 0.717) is 11.4 Å². The first-order chi connectivity index (χ1) is 10.5. The van der Waals surface area contributed by atoms with Crippen LogP contribution in [0.5, 0.6) is 0 Å². The zero-order chi connectivity index (χ0) is 15.6. The molecule has 1 aromatic carbocycles. The molecule has 3 rings (SSSR count). The van der Waals surface area contributed by atoms with Gasteiger partial charge < -0.3 is 5.32 Å². The van der Waals surface area contributed by atoms with E-state index in [2.05, 4.69) is 15.0 Å². The van der Waals surface area contributed by atoms with E-state index < -0.39 is 10.0 Å². The van der Waals surface area contributed by atoms with E-state index in [-0.39, 0.29) is 6.04 Å². The van der Waals surface area contributed by atoms with Crippen molar-refractivity contribution in [2.45, 2.75) is 30.7 Å². The Morgan fingerprint density at radius 1 is 1.41 bits per heavy atom. The van der Waals surface area contributed by atoms with Gasteiger partial charge in [-0.15, -0.1) is 11.3 Å². The van der Waals surface area contributed by atoms with Gasteiger partial charge in [-0.3, -0.25) is 0 Å². The summed E-state index contributed by atoms with van der Waals surface area (Å²) < 4.78 is 27.9. The second-order valence-corrected chi connectivity index (χ2v) is 8.06. The van der Waals surface area contributed by atoms with Crippen LogP contribution in [0.4, 0.5) is 0 Å². The van der Waals surface area contributed by atoms with Gasteiger partial charge in [0.25, 0.3) is 0 Å². The van der Waals surface area contributed by atoms with Crippen molar-refractivity contribution in [1.82, 2.24) is 15.0 Å². The third kappa shape index (κ3) is 3.55. The lowest BCUT2D eigenvalue weighted by Crippen LogP contribution is -2.45. The number of nitrogens with one attached hydrogen (secondary N) is 2. The molecule has 0 amide bonds. The molecule has 1 aliphatic rings. The first-order valence-electron chi connectivity index (χ1n) is 7.30. The van der Waals surface area contributed by atoms with E-state index in [4.69, 9.17) is 0 Å². The molecule has 118 valence electrons. The van der Waals surface area contributed by atoms with Gasteiger partial charge in [-0.05, 0) is 38.4 Å². The number of hydrogen-bond donors (Lipinski definition) is 2. The molecule has 1 unspecified atom stereocenters. The second kappa shape index (κ2) is 6.45. The van der Waals surface area contributed by atoms with E-state index >= 15 is 0 Å². The zero-order valence-corrected chi connectivity index (χ0v) is 14.0. The lowest BCUT2D eigenvalue weighted by Gasteiger charge is -2.23. The average molecular weight is 337 g/mol. The SMILES string of the molecule is Cc1csc(-c2cccc(S(=O)(=O)NC3CCCNC3)c2)n1. The fraction of sp³-hybridized carbons (Fsp3) is 0.400. The number of piperidine rings is 1. The molecule has 7 heteroatoms. The standard InChI is InChI=1S/C15H19N3O2S2/c1-11-10-21-15(17-11)12-4-2-6-14(8-12)22(19,20)18-13-5-3-7-16-9-13/h2,4,6,8,10,13,16,18H,3,5,7,9H2,1H3. The molecule has 5 nitrogen and oxygen atoms in total. The Morgan fingerprint density at radius 3 is 2.95 bits per heavy atom. The molecule has 1 saturated heterocycles. The summed E-state index contributed by atoms with van der Waals surface area (Å²) in [6, 6.07) is 6.93. The molecule has 1 fully saturated rings. The molecule has 1 aromatic heterocycles. The summed E-state index contributed by atoms with van der Waals surface area (Å²) in [5, 5.41) is 6.02. The van der Waals surface area contributed by atoms with Gasteiger partial charge in [0.05, 0.1) is 4.90 Å². The molecular formula is C15H19N3O2S2. The minimum Gasteiger partial charge on any atom is -0.315 e. The molecule has 0 aliphatic carbocycles. The second-order valence-electron chi connectivity index (χ2n) is 5.49. The van der Waals surface area contributed by atoms with Crippen LogP contribution in [0.25, 0.3) is 10.6 Å². The number of hydrogen-bond acceptors (Lipinski definition) is 5. The van der Waals surface area contributed by atoms with Gasteiger partial charge in [-0.25, -0.2) is 18.1 Å². The van der Waals surface area contributed by atoms with Gasteiger partial charge in [0, 0.05) is 29.2 Å². The monoisotopic (exact) mass is 337 g/mol. The zero-order valence-electron chi connectivity index (χ0n) is 12.4. The first kappa shape index (κ1) is 15.6. The Morgan fingerprint density at radius 2 is 2.27 bits per heavy atom. The maximum Gasteiger partial charge on any atom is 0.240 e. The summed E-state index contributed by atoms with van der Waals surface area (Å²) in [6.45, 7) is 3.57. The third-order valence-corrected chi connectivity index (χ3v) is 6.16. The topological polar surface area (TPSA) is 71.1 Å². The van der Waals surface area contributed by atoms with Crippen molar-refractivity contribution in [1.29, 1.82) is 0 Å². The molecule has 0 bridgehead atoms. The van der Waals surface area contributed by atoms with Crippen LogP contribution in [0, 0.1) is 6.92 Å². The molecule has 0 spiro atoms. The number of thiazole rings is 1. The van der Waals surface area contributed by atoms with Crippen LogP contribution in [0.2, 0.25) is 0 Å². The molecular weight excluding hydrogens is 318 g/mol. The summed E-state index contributed by atoms with van der Waals surface area (Å²) in [5.74, 6) is 0. The minimum atomic E-state index is -3.50. The van der Waals surface area contributed by atoms with Crippen molar-refractivity contribution in [2.75, 3.05) is 13.1 Å². The molecule has 0 saturated carbocycles. The van der Waals surface area contributed by atoms with Crippen LogP contribution in [-0.4, -0.2) is 32.5 Å². The fourth-order valence-corrected chi connectivity index (χ4v) is 4.63. The van der Waals surface area contributed by atoms with Gasteiger partial charge in [0.15, 0.2) is 0 Å². The maximum atomic E-state index is 12.5. The summed E-state index contributed by atoms with van der Waals surface area (Å²) in [7, 11) is -3.50. The van der Waals surface area contributed by atoms with Crippen LogP contribution >= 0.6 is 11.3 Å². The Hall–Kier alpha value is -1.28. The summed E-state index contributed by atoms with van der Waals surface area (Å²) in [5.41, 5.74) is 1.78. The van der Waals surface area contributed by atoms with Crippen molar-refractivity contribution < 1.29 is 8.42 Å². The van der Waals surface area contributed by atoms with Gasteiger partial charge >= 0.3 is 0 Å². The predicted molar refractivity (Wildman–Crippen MR) is 88.5 cm³/mol. The molecule has 2 aromatic rings. The Bertz CT molecular complexity index is 750. The van der Waals surface area contributed by atoms with Crippen LogP contribution in [0.3, 0.4) is 0 Å². The highest BCUT2D eigenvalue weighted by Crippen LogP contribution is 2.25. The van der Waals surface area contributed by atoms with Crippen molar-refractivity contribution in [2.24, 2.45) is 0 Å². The summed E-state index contributed by atoms with van der Waals surface area (Å²) in [6.07, 6.45) is 1.86. The number of aromatic nitrogens is 1. The lowest BCUT2D eigenvalue weighted by atomic mass is 10.1. The van der Waals surface area contributed by atoms with Gasteiger partial charge in [0.2, 0.25) is 10.0 Å². The maximum absolute atomic E-state index is 12.5. The van der Waals surface area contributed by atoms with Crippen LogP contribution < -0.4 is 10.0 Å². The van der Waals surface area contributed by atoms with Crippen molar-refractivity contribution in [3.05, 3.63) is 35.3 Å². The van der Waals surface area contributed by atoms with Crippen LogP contribution in [-0.2, 0) is 10.0 Å². The average Bonchev–Trinajstić information content (AvgIpc) is 2.95. The van der Waals surface area contributed by atoms with Crippen LogP contribution in [0.1, 0.15) is 18.5 Å². The summed E-state index contributed by atoms with van der Waals surface area (Å²) in [4.78, 5) is 4.71. The number of nitrogens with zero attached hydrogens (tertiary/aromatic N) is 1. The number of benzene rings is 1. The molecule has 1 atom stereocenters. The van der Waals surface area contributed by atoms with Gasteiger partial charge in [-0.2, -0.15) is 0 Å². The molecule has 2 heterocycles. The van der Waals surface area contributed by atoms with Crippen molar-refractivity contribution in [3.63, 3.8) is 0 Å². The Balaban J connectivity index is 1.84. The quantitative estimate of drug-likeness (QED) is 0.897. The smallest absolute Gasteiger partial charge is 0.240 e. The Labute approximate surface area is 134 Å². The summed E-state index contributed by atoms with van der Waals surface area (Å²) >= 11 is 1.52. The normalized spacial score (nSPS) is 19.2. The molecule has 2 N–H and O–H groups in total. The van der Waals surface area contributed by atoms with E-state index in [9.17, 15) is 8.42 Å². The number of aryl methyl sites for hydroxylation is 1. The number of rotatable bonds is 4. The largest absolute Gasteiger partial charge is 0.315 e. The third-order valence-electron chi connectivity index (χ3n) is 3.63. The van der Waals surface area contributed by atoms with Crippen molar-refractivity contribution in [3.8, 4) is 10.6 Å². The highest BCUT2D eigenvalue weighted by Gasteiger charge is 2.22. The van der Waals surface area contributed by atoms with Gasteiger partial charge in [-0.1, -0.05) is 12.1 Å². The molecule has 22 heavy (non-hydrogen) atoms. The fourth-order valence-electron chi connectivity index (χ4n) is 2.52. The van der Waals surface area contributed by atoms with E-state index in [1.165, 1.54) is 11.3 Å². The van der Waals surface area contributed by atoms with E-state index in [0.717, 1.165) is 35.7 Å². The Kier molecular flexibility index (Phi) is 4.58. The van der Waals surface area contributed by atoms with E-state index in [1.54, 1.807) is 18.2 Å². The number of sulfonamides is 1. The van der Waals surface area contributed by atoms with Gasteiger partial charge in [0.1, 0.15) is 5.01 Å². The lowest BCUT2D eigenvalue weighted by molar-refractivity contribution is 0.428. The predicted octanol–water partition coefficient (Wildman–Crippen LogP) is 2.15. The van der Waals surface area contributed by atoms with Crippen LogP contribution in [0.15, 0.2) is 34.5 Å². The highest BCUT2D eigenvalue weighted by atomic mass is 32.2. The highest BCUT2D eigenvalue weighted by molar-refractivity contribution is 7.89.